The Labute approximate surface area is 235 Å². The number of para-hydroxylation sites is 1. The monoisotopic (exact) mass is 539 g/mol. The number of hydrogen-bond acceptors (Lipinski definition) is 7. The van der Waals surface area contributed by atoms with E-state index in [0.29, 0.717) is 23.1 Å². The summed E-state index contributed by atoms with van der Waals surface area (Å²) in [4.78, 5) is 23.6. The maximum Gasteiger partial charge on any atom is 0.247 e. The third-order valence-corrected chi connectivity index (χ3v) is 6.73. The first-order valence-electron chi connectivity index (χ1n) is 13.2. The van der Waals surface area contributed by atoms with Crippen LogP contribution in [0.15, 0.2) is 79.7 Å². The van der Waals surface area contributed by atoms with Crippen molar-refractivity contribution in [3.05, 3.63) is 79.7 Å². The lowest BCUT2D eigenvalue weighted by Crippen LogP contribution is -2.28. The van der Waals surface area contributed by atoms with Crippen LogP contribution in [-0.4, -0.2) is 54.7 Å². The van der Waals surface area contributed by atoms with Crippen LogP contribution in [0.3, 0.4) is 0 Å². The lowest BCUT2D eigenvalue weighted by molar-refractivity contribution is -0.111. The summed E-state index contributed by atoms with van der Waals surface area (Å²) < 4.78 is 7.93. The van der Waals surface area contributed by atoms with Gasteiger partial charge in [0.15, 0.2) is 0 Å². The minimum Gasteiger partial charge on any atom is -0.494 e. The molecule has 9 heteroatoms. The molecule has 2 aromatic heterocycles. The number of nitrogens with zero attached hydrogens (tertiary/aromatic N) is 4. The van der Waals surface area contributed by atoms with Crippen molar-refractivity contribution in [3.8, 4) is 17.0 Å². The molecular weight excluding hydrogens is 502 g/mol. The molecule has 1 amide bonds. The number of anilines is 4. The molecule has 0 atom stereocenters. The van der Waals surface area contributed by atoms with Crippen molar-refractivity contribution in [2.45, 2.75) is 19.9 Å². The standard InChI is InChI=1S/C31H37N7O2/c1-7-21(3)19-38-20-23(22-11-9-10-12-27(22)38)24-13-14-33-31(35-24)36-26-17-25(34-30(39)8-2)28(18-29(26)40-6)37(5)16-15-32-4/h8-14,17-18,20,32H,2-3,7,15-16,19H2,1,4-6H3,(H,34,39)(H,33,35,36). The van der Waals surface area contributed by atoms with E-state index in [0.717, 1.165) is 59.5 Å². The molecule has 0 unspecified atom stereocenters. The molecule has 0 aliphatic rings. The predicted molar refractivity (Wildman–Crippen MR) is 165 cm³/mol. The number of hydrogen-bond donors (Lipinski definition) is 3. The normalized spacial score (nSPS) is 10.8. The summed E-state index contributed by atoms with van der Waals surface area (Å²) in [5.74, 6) is 0.689. The van der Waals surface area contributed by atoms with Gasteiger partial charge >= 0.3 is 0 Å². The number of fused-ring (bicyclic) bond motifs is 1. The maximum atomic E-state index is 12.2. The number of rotatable bonds is 13. The number of carbonyl (C=O) groups is 1. The minimum atomic E-state index is -0.306. The molecule has 0 aliphatic heterocycles. The number of benzene rings is 2. The average Bonchev–Trinajstić information content (AvgIpc) is 3.34. The van der Waals surface area contributed by atoms with E-state index in [9.17, 15) is 4.79 Å². The molecule has 4 rings (SSSR count). The molecule has 0 fully saturated rings. The second kappa shape index (κ2) is 12.9. The fourth-order valence-electron chi connectivity index (χ4n) is 4.46. The molecular formula is C31H37N7O2. The first-order chi connectivity index (χ1) is 19.4. The molecule has 40 heavy (non-hydrogen) atoms. The number of nitrogens with one attached hydrogen (secondary N) is 3. The van der Waals surface area contributed by atoms with Crippen LogP contribution < -0.4 is 25.6 Å². The zero-order chi connectivity index (χ0) is 28.6. The summed E-state index contributed by atoms with van der Waals surface area (Å²) in [7, 11) is 5.47. The Morgan fingerprint density at radius 3 is 2.73 bits per heavy atom. The smallest absolute Gasteiger partial charge is 0.247 e. The first-order valence-corrected chi connectivity index (χ1v) is 13.2. The van der Waals surface area contributed by atoms with E-state index in [2.05, 4.69) is 63.9 Å². The van der Waals surface area contributed by atoms with E-state index in [-0.39, 0.29) is 5.91 Å². The number of allylic oxidation sites excluding steroid dienone is 1. The number of carbonyl (C=O) groups excluding carboxylic acids is 1. The first kappa shape index (κ1) is 28.4. The van der Waals surface area contributed by atoms with E-state index in [1.807, 2.05) is 49.3 Å². The van der Waals surface area contributed by atoms with E-state index >= 15 is 0 Å². The highest BCUT2D eigenvalue weighted by molar-refractivity contribution is 6.02. The van der Waals surface area contributed by atoms with E-state index in [1.165, 1.54) is 6.08 Å². The lowest BCUT2D eigenvalue weighted by Gasteiger charge is -2.24. The Balaban J connectivity index is 1.72. The minimum absolute atomic E-state index is 0.306. The lowest BCUT2D eigenvalue weighted by atomic mass is 10.1. The van der Waals surface area contributed by atoms with Gasteiger partial charge in [0, 0.05) is 61.6 Å². The van der Waals surface area contributed by atoms with Crippen molar-refractivity contribution >= 4 is 39.8 Å². The van der Waals surface area contributed by atoms with Crippen molar-refractivity contribution in [3.63, 3.8) is 0 Å². The number of methoxy groups -OCH3 is 1. The van der Waals surface area contributed by atoms with Crippen LogP contribution in [0.2, 0.25) is 0 Å². The van der Waals surface area contributed by atoms with Crippen molar-refractivity contribution in [1.29, 1.82) is 0 Å². The van der Waals surface area contributed by atoms with Crippen molar-refractivity contribution in [1.82, 2.24) is 19.9 Å². The molecule has 208 valence electrons. The summed E-state index contributed by atoms with van der Waals surface area (Å²) in [6.45, 7) is 12.1. The fraction of sp³-hybridized carbons (Fsp3) is 0.258. The van der Waals surface area contributed by atoms with Crippen LogP contribution in [0, 0.1) is 0 Å². The van der Waals surface area contributed by atoms with Gasteiger partial charge in [0.25, 0.3) is 0 Å². The van der Waals surface area contributed by atoms with Gasteiger partial charge in [-0.05, 0) is 37.7 Å². The van der Waals surface area contributed by atoms with E-state index in [4.69, 9.17) is 9.72 Å². The summed E-state index contributed by atoms with van der Waals surface area (Å²) in [6.07, 6.45) is 6.02. The van der Waals surface area contributed by atoms with Gasteiger partial charge in [0.1, 0.15) is 5.75 Å². The second-order valence-corrected chi connectivity index (χ2v) is 9.47. The van der Waals surface area contributed by atoms with Crippen LogP contribution in [0.25, 0.3) is 22.2 Å². The van der Waals surface area contributed by atoms with Gasteiger partial charge in [-0.15, -0.1) is 0 Å². The van der Waals surface area contributed by atoms with Gasteiger partial charge in [0.2, 0.25) is 11.9 Å². The molecule has 0 saturated carbocycles. The zero-order valence-corrected chi connectivity index (χ0v) is 23.6. The predicted octanol–water partition coefficient (Wildman–Crippen LogP) is 5.60. The molecule has 0 saturated heterocycles. The van der Waals surface area contributed by atoms with E-state index < -0.39 is 0 Å². The Morgan fingerprint density at radius 1 is 1.20 bits per heavy atom. The van der Waals surface area contributed by atoms with Crippen LogP contribution >= 0.6 is 0 Å². The van der Waals surface area contributed by atoms with Crippen molar-refractivity contribution < 1.29 is 9.53 Å². The summed E-state index contributed by atoms with van der Waals surface area (Å²) >= 11 is 0. The number of likely N-dealkylation sites (N-methyl/N-ethyl adjacent to an activating group) is 2. The van der Waals surface area contributed by atoms with Gasteiger partial charge in [-0.3, -0.25) is 4.79 Å². The largest absolute Gasteiger partial charge is 0.494 e. The second-order valence-electron chi connectivity index (χ2n) is 9.47. The molecule has 2 aromatic carbocycles. The fourth-order valence-corrected chi connectivity index (χ4v) is 4.46. The molecule has 0 bridgehead atoms. The summed E-state index contributed by atoms with van der Waals surface area (Å²) in [5.41, 5.74) is 6.12. The Morgan fingerprint density at radius 2 is 2.00 bits per heavy atom. The molecule has 9 nitrogen and oxygen atoms in total. The van der Waals surface area contributed by atoms with Gasteiger partial charge in [-0.25, -0.2) is 9.97 Å². The van der Waals surface area contributed by atoms with Crippen molar-refractivity contribution in [2.75, 3.05) is 49.8 Å². The van der Waals surface area contributed by atoms with E-state index in [1.54, 1.807) is 13.3 Å². The highest BCUT2D eigenvalue weighted by atomic mass is 16.5. The third kappa shape index (κ3) is 6.32. The summed E-state index contributed by atoms with van der Waals surface area (Å²) in [6, 6.07) is 13.9. The third-order valence-electron chi connectivity index (χ3n) is 6.73. The molecule has 0 aliphatic carbocycles. The van der Waals surface area contributed by atoms with Crippen LogP contribution in [0.4, 0.5) is 23.0 Å². The quantitative estimate of drug-likeness (QED) is 0.150. The Hall–Kier alpha value is -4.63. The maximum absolute atomic E-state index is 12.2. The highest BCUT2D eigenvalue weighted by Crippen LogP contribution is 2.38. The molecule has 3 N–H and O–H groups in total. The Kier molecular flexibility index (Phi) is 9.19. The Bertz CT molecular complexity index is 1530. The molecule has 4 aromatic rings. The molecule has 0 spiro atoms. The zero-order valence-electron chi connectivity index (χ0n) is 23.6. The average molecular weight is 540 g/mol. The molecule has 0 radical (unpaired) electrons. The van der Waals surface area contributed by atoms with Gasteiger partial charge in [-0.1, -0.05) is 43.9 Å². The van der Waals surface area contributed by atoms with Crippen LogP contribution in [0.5, 0.6) is 5.75 Å². The highest BCUT2D eigenvalue weighted by Gasteiger charge is 2.17. The molecule has 2 heterocycles. The number of amides is 1. The van der Waals surface area contributed by atoms with Gasteiger partial charge in [-0.2, -0.15) is 0 Å². The summed E-state index contributed by atoms with van der Waals surface area (Å²) in [5, 5.41) is 10.5. The number of ether oxygens (including phenoxy) is 1. The topological polar surface area (TPSA) is 96.3 Å². The van der Waals surface area contributed by atoms with Gasteiger partial charge in [0.05, 0.1) is 29.9 Å². The van der Waals surface area contributed by atoms with Crippen LogP contribution in [0.1, 0.15) is 13.3 Å². The number of aromatic nitrogens is 3. The van der Waals surface area contributed by atoms with Gasteiger partial charge < -0.3 is 30.2 Å². The van der Waals surface area contributed by atoms with Crippen LogP contribution in [-0.2, 0) is 11.3 Å². The SMILES string of the molecule is C=CC(=O)Nc1cc(Nc2nccc(-c3cn(CC(=C)CC)c4ccccc34)n2)c(OC)cc1N(C)CCNC. The van der Waals surface area contributed by atoms with Crippen molar-refractivity contribution in [2.24, 2.45) is 0 Å².